The van der Waals surface area contributed by atoms with Crippen molar-refractivity contribution in [1.82, 2.24) is 4.90 Å². The Kier molecular flexibility index (Phi) is 4.32. The number of hydrogen-bond acceptors (Lipinski definition) is 3. The highest BCUT2D eigenvalue weighted by Crippen LogP contribution is 2.50. The minimum atomic E-state index is -0.566. The third-order valence-electron chi connectivity index (χ3n) is 5.95. The van der Waals surface area contributed by atoms with Crippen molar-refractivity contribution < 1.29 is 9.50 Å². The van der Waals surface area contributed by atoms with E-state index in [9.17, 15) is 9.50 Å². The number of aliphatic hydroxyl groups is 1. The van der Waals surface area contributed by atoms with Gasteiger partial charge in [-0.1, -0.05) is 41.9 Å². The van der Waals surface area contributed by atoms with Crippen LogP contribution in [0, 0.1) is 5.82 Å². The summed E-state index contributed by atoms with van der Waals surface area (Å²) < 4.78 is 14.0. The fourth-order valence-electron chi connectivity index (χ4n) is 4.50. The van der Waals surface area contributed by atoms with Gasteiger partial charge in [0, 0.05) is 22.5 Å². The van der Waals surface area contributed by atoms with E-state index in [2.05, 4.69) is 11.0 Å². The summed E-state index contributed by atoms with van der Waals surface area (Å²) >= 11 is 6.16. The Morgan fingerprint density at radius 3 is 2.60 bits per heavy atom. The third-order valence-corrected chi connectivity index (χ3v) is 6.31. The summed E-state index contributed by atoms with van der Waals surface area (Å²) in [7, 11) is 0. The van der Waals surface area contributed by atoms with Crippen LogP contribution in [-0.2, 0) is 12.0 Å². The first-order valence-electron chi connectivity index (χ1n) is 8.71. The van der Waals surface area contributed by atoms with E-state index < -0.39 is 6.10 Å². The summed E-state index contributed by atoms with van der Waals surface area (Å²) in [6.07, 6.45) is 1.06. The lowest BCUT2D eigenvalue weighted by Gasteiger charge is -2.42. The maximum Gasteiger partial charge on any atom is 0.129 e. The van der Waals surface area contributed by atoms with Crippen LogP contribution in [0.1, 0.15) is 35.6 Å². The van der Waals surface area contributed by atoms with Crippen LogP contribution in [0.5, 0.6) is 0 Å². The molecule has 3 N–H and O–H groups in total. The topological polar surface area (TPSA) is 49.5 Å². The second-order valence-electron chi connectivity index (χ2n) is 7.19. The van der Waals surface area contributed by atoms with E-state index >= 15 is 0 Å². The lowest BCUT2D eigenvalue weighted by Crippen LogP contribution is -2.48. The van der Waals surface area contributed by atoms with Crippen molar-refractivity contribution in [2.24, 2.45) is 5.73 Å². The van der Waals surface area contributed by atoms with Crippen molar-refractivity contribution in [2.45, 2.75) is 36.9 Å². The van der Waals surface area contributed by atoms with E-state index in [-0.39, 0.29) is 17.3 Å². The molecule has 2 aliphatic rings. The number of benzene rings is 2. The first kappa shape index (κ1) is 17.0. The first-order valence-corrected chi connectivity index (χ1v) is 9.09. The second kappa shape index (κ2) is 6.36. The van der Waals surface area contributed by atoms with Crippen LogP contribution in [0.2, 0.25) is 5.02 Å². The molecule has 1 saturated heterocycles. The number of rotatable bonds is 2. The zero-order valence-electron chi connectivity index (χ0n) is 14.0. The molecule has 0 aromatic heterocycles. The van der Waals surface area contributed by atoms with Crippen molar-refractivity contribution in [3.8, 4) is 0 Å². The van der Waals surface area contributed by atoms with Crippen LogP contribution in [-0.4, -0.2) is 29.2 Å². The van der Waals surface area contributed by atoms with E-state index in [0.29, 0.717) is 17.1 Å². The van der Waals surface area contributed by atoms with E-state index in [1.807, 2.05) is 18.2 Å². The summed E-state index contributed by atoms with van der Waals surface area (Å²) in [6, 6.07) is 12.6. The molecule has 5 heteroatoms. The Balaban J connectivity index is 1.54. The molecule has 4 rings (SSSR count). The molecule has 1 spiro atoms. The fourth-order valence-corrected chi connectivity index (χ4v) is 4.72. The van der Waals surface area contributed by atoms with Crippen LogP contribution < -0.4 is 5.73 Å². The van der Waals surface area contributed by atoms with E-state index in [1.54, 1.807) is 12.1 Å². The average molecular weight is 361 g/mol. The van der Waals surface area contributed by atoms with Crippen LogP contribution in [0.25, 0.3) is 0 Å². The Bertz CT molecular complexity index is 769. The van der Waals surface area contributed by atoms with Gasteiger partial charge in [-0.25, -0.2) is 4.39 Å². The van der Waals surface area contributed by atoms with Crippen molar-refractivity contribution >= 4 is 11.6 Å². The quantitative estimate of drug-likeness (QED) is 0.863. The molecule has 2 aromatic carbocycles. The average Bonchev–Trinajstić information content (AvgIpc) is 2.83. The Labute approximate surface area is 152 Å². The molecule has 1 fully saturated rings. The molecule has 132 valence electrons. The van der Waals surface area contributed by atoms with Crippen molar-refractivity contribution in [3.05, 3.63) is 70.0 Å². The van der Waals surface area contributed by atoms with Crippen LogP contribution in [0.15, 0.2) is 42.5 Å². The maximum atomic E-state index is 14.0. The predicted octanol–water partition coefficient (Wildman–Crippen LogP) is 3.39. The molecular weight excluding hydrogens is 339 g/mol. The normalized spacial score (nSPS) is 25.3. The van der Waals surface area contributed by atoms with Gasteiger partial charge in [0.1, 0.15) is 5.82 Å². The van der Waals surface area contributed by atoms with E-state index in [4.69, 9.17) is 17.3 Å². The highest BCUT2D eigenvalue weighted by Gasteiger charge is 2.51. The van der Waals surface area contributed by atoms with Gasteiger partial charge in [-0.3, -0.25) is 4.90 Å². The molecule has 0 amide bonds. The highest BCUT2D eigenvalue weighted by molar-refractivity contribution is 6.31. The molecule has 0 saturated carbocycles. The summed E-state index contributed by atoms with van der Waals surface area (Å²) in [6.45, 7) is 2.05. The number of piperidine rings is 1. The maximum absolute atomic E-state index is 14.0. The van der Waals surface area contributed by atoms with Crippen LogP contribution in [0.4, 0.5) is 4.39 Å². The summed E-state index contributed by atoms with van der Waals surface area (Å²) in [5.74, 6) is -0.263. The van der Waals surface area contributed by atoms with Gasteiger partial charge in [-0.2, -0.15) is 0 Å². The number of nitrogens with zero attached hydrogens (tertiary/aromatic N) is 1. The minimum absolute atomic E-state index is 0.263. The van der Waals surface area contributed by atoms with Crippen LogP contribution >= 0.6 is 11.6 Å². The smallest absolute Gasteiger partial charge is 0.129 e. The minimum Gasteiger partial charge on any atom is -0.390 e. The fraction of sp³-hybridized carbons (Fsp3) is 0.400. The molecule has 0 bridgehead atoms. The molecular formula is C20H22ClFN2O. The molecule has 1 aliphatic heterocycles. The zero-order valence-corrected chi connectivity index (χ0v) is 14.7. The van der Waals surface area contributed by atoms with E-state index in [0.717, 1.165) is 31.5 Å². The molecule has 2 aromatic rings. The number of aliphatic hydroxyl groups excluding tert-OH is 1. The molecule has 2 atom stereocenters. The molecule has 25 heavy (non-hydrogen) atoms. The van der Waals surface area contributed by atoms with Crippen molar-refractivity contribution in [3.63, 3.8) is 0 Å². The Morgan fingerprint density at radius 1 is 1.16 bits per heavy atom. The van der Waals surface area contributed by atoms with E-state index in [1.165, 1.54) is 11.6 Å². The SMILES string of the molecule is N[C@H]1c2ccccc2C2(CCN(Cc3c(F)cccc3Cl)CC2)[C@@H]1O. The lowest BCUT2D eigenvalue weighted by atomic mass is 9.72. The number of halogens is 2. The van der Waals surface area contributed by atoms with Gasteiger partial charge in [-0.15, -0.1) is 0 Å². The monoisotopic (exact) mass is 360 g/mol. The Morgan fingerprint density at radius 2 is 1.88 bits per heavy atom. The molecule has 0 unspecified atom stereocenters. The molecule has 3 nitrogen and oxygen atoms in total. The highest BCUT2D eigenvalue weighted by atomic mass is 35.5. The standard InChI is InChI=1S/C20H22ClFN2O/c21-16-6-3-7-17(22)14(16)12-24-10-8-20(9-11-24)15-5-2-1-4-13(15)18(23)19(20)25/h1-7,18-19,25H,8-12,23H2/t18-,19+/m0/s1. The lowest BCUT2D eigenvalue weighted by molar-refractivity contribution is 0.0269. The summed E-state index contributed by atoms with van der Waals surface area (Å²) in [5, 5.41) is 11.3. The largest absolute Gasteiger partial charge is 0.390 e. The van der Waals surface area contributed by atoms with Crippen LogP contribution in [0.3, 0.4) is 0 Å². The van der Waals surface area contributed by atoms with Gasteiger partial charge >= 0.3 is 0 Å². The van der Waals surface area contributed by atoms with Gasteiger partial charge in [0.15, 0.2) is 0 Å². The number of hydrogen-bond donors (Lipinski definition) is 2. The molecule has 1 heterocycles. The Hall–Kier alpha value is -1.46. The number of likely N-dealkylation sites (tertiary alicyclic amines) is 1. The van der Waals surface area contributed by atoms with Crippen molar-refractivity contribution in [2.75, 3.05) is 13.1 Å². The van der Waals surface area contributed by atoms with Gasteiger partial charge < -0.3 is 10.8 Å². The number of fused-ring (bicyclic) bond motifs is 2. The van der Waals surface area contributed by atoms with Gasteiger partial charge in [0.05, 0.1) is 12.1 Å². The first-order chi connectivity index (χ1) is 12.0. The number of nitrogens with two attached hydrogens (primary N) is 1. The summed E-state index contributed by atoms with van der Waals surface area (Å²) in [4.78, 5) is 2.20. The third kappa shape index (κ3) is 2.68. The van der Waals surface area contributed by atoms with Gasteiger partial charge in [-0.05, 0) is 49.2 Å². The van der Waals surface area contributed by atoms with Gasteiger partial charge in [0.25, 0.3) is 0 Å². The summed E-state index contributed by atoms with van der Waals surface area (Å²) in [5.41, 5.74) is 8.76. The van der Waals surface area contributed by atoms with Gasteiger partial charge in [0.2, 0.25) is 0 Å². The molecule has 0 radical (unpaired) electrons. The predicted molar refractivity (Wildman–Crippen MR) is 97.0 cm³/mol. The zero-order chi connectivity index (χ0) is 17.6. The van der Waals surface area contributed by atoms with Crippen molar-refractivity contribution in [1.29, 1.82) is 0 Å². The molecule has 1 aliphatic carbocycles. The second-order valence-corrected chi connectivity index (χ2v) is 7.60.